The van der Waals surface area contributed by atoms with Crippen molar-refractivity contribution in [3.05, 3.63) is 81.3 Å². The molecule has 0 saturated carbocycles. The van der Waals surface area contributed by atoms with E-state index in [1.807, 2.05) is 36.5 Å². The quantitative estimate of drug-likeness (QED) is 0.705. The number of nitrogens with zero attached hydrogens (tertiary/aromatic N) is 1. The first-order valence-corrected chi connectivity index (χ1v) is 11.0. The number of aryl methyl sites for hydroxylation is 2. The van der Waals surface area contributed by atoms with Gasteiger partial charge in [0.2, 0.25) is 10.0 Å². The molecular weight excluding hydrogens is 364 g/mol. The van der Waals surface area contributed by atoms with Gasteiger partial charge in [0.15, 0.2) is 0 Å². The SMILES string of the molecule is O=S(=O)(NCc1ncc(Cc2ccccc2)s1)c1ccc2c(c1)CCC2. The molecule has 1 N–H and O–H groups in total. The minimum absolute atomic E-state index is 0.221. The van der Waals surface area contributed by atoms with E-state index in [1.54, 1.807) is 17.4 Å². The van der Waals surface area contributed by atoms with Crippen molar-refractivity contribution in [1.82, 2.24) is 9.71 Å². The van der Waals surface area contributed by atoms with E-state index in [2.05, 4.69) is 21.8 Å². The van der Waals surface area contributed by atoms with Gasteiger partial charge in [-0.2, -0.15) is 0 Å². The van der Waals surface area contributed by atoms with E-state index < -0.39 is 10.0 Å². The third kappa shape index (κ3) is 3.87. The minimum atomic E-state index is -3.51. The molecule has 26 heavy (non-hydrogen) atoms. The predicted octanol–water partition coefficient (Wildman–Crippen LogP) is 3.70. The van der Waals surface area contributed by atoms with Crippen LogP contribution in [0, 0.1) is 0 Å². The van der Waals surface area contributed by atoms with Crippen LogP contribution in [-0.2, 0) is 35.8 Å². The van der Waals surface area contributed by atoms with Gasteiger partial charge in [-0.05, 0) is 48.1 Å². The molecule has 1 heterocycles. The molecule has 2 aromatic carbocycles. The van der Waals surface area contributed by atoms with Crippen LogP contribution in [0.15, 0.2) is 59.6 Å². The fourth-order valence-electron chi connectivity index (χ4n) is 3.26. The van der Waals surface area contributed by atoms with E-state index in [0.717, 1.165) is 41.1 Å². The second kappa shape index (κ2) is 7.31. The molecule has 0 unspecified atom stereocenters. The monoisotopic (exact) mass is 384 g/mol. The lowest BCUT2D eigenvalue weighted by Crippen LogP contribution is -2.23. The number of thiazole rings is 1. The van der Waals surface area contributed by atoms with Gasteiger partial charge < -0.3 is 0 Å². The van der Waals surface area contributed by atoms with Gasteiger partial charge in [-0.25, -0.2) is 18.1 Å². The molecule has 0 bridgehead atoms. The molecule has 134 valence electrons. The summed E-state index contributed by atoms with van der Waals surface area (Å²) in [4.78, 5) is 5.83. The topological polar surface area (TPSA) is 59.1 Å². The van der Waals surface area contributed by atoms with Gasteiger partial charge in [-0.1, -0.05) is 36.4 Å². The average Bonchev–Trinajstić information content (AvgIpc) is 3.29. The Morgan fingerprint density at radius 2 is 1.85 bits per heavy atom. The van der Waals surface area contributed by atoms with Crippen LogP contribution in [0.1, 0.15) is 33.0 Å². The highest BCUT2D eigenvalue weighted by atomic mass is 32.2. The van der Waals surface area contributed by atoms with Gasteiger partial charge in [-0.15, -0.1) is 11.3 Å². The average molecular weight is 385 g/mol. The van der Waals surface area contributed by atoms with Crippen LogP contribution in [0.3, 0.4) is 0 Å². The van der Waals surface area contributed by atoms with E-state index in [0.29, 0.717) is 4.90 Å². The van der Waals surface area contributed by atoms with E-state index in [-0.39, 0.29) is 6.54 Å². The fraction of sp³-hybridized carbons (Fsp3) is 0.250. The molecule has 1 aromatic heterocycles. The number of fused-ring (bicyclic) bond motifs is 1. The number of nitrogens with one attached hydrogen (secondary N) is 1. The molecule has 0 spiro atoms. The first kappa shape index (κ1) is 17.4. The summed E-state index contributed by atoms with van der Waals surface area (Å²) in [7, 11) is -3.51. The van der Waals surface area contributed by atoms with Crippen molar-refractivity contribution >= 4 is 21.4 Å². The highest BCUT2D eigenvalue weighted by molar-refractivity contribution is 7.89. The summed E-state index contributed by atoms with van der Waals surface area (Å²) in [6.07, 6.45) is 5.77. The zero-order valence-corrected chi connectivity index (χ0v) is 15.9. The lowest BCUT2D eigenvalue weighted by atomic mass is 10.1. The zero-order chi connectivity index (χ0) is 18.0. The normalized spacial score (nSPS) is 13.7. The van der Waals surface area contributed by atoms with Crippen molar-refractivity contribution in [3.8, 4) is 0 Å². The molecule has 1 aliphatic rings. The smallest absolute Gasteiger partial charge is 0.240 e. The maximum Gasteiger partial charge on any atom is 0.240 e. The summed E-state index contributed by atoms with van der Waals surface area (Å²) < 4.78 is 27.8. The number of hydrogen-bond donors (Lipinski definition) is 1. The molecule has 0 atom stereocenters. The summed E-state index contributed by atoms with van der Waals surface area (Å²) in [6.45, 7) is 0.221. The first-order chi connectivity index (χ1) is 12.6. The second-order valence-electron chi connectivity index (χ2n) is 6.49. The predicted molar refractivity (Wildman–Crippen MR) is 104 cm³/mol. The van der Waals surface area contributed by atoms with E-state index in [1.165, 1.54) is 11.1 Å². The number of benzene rings is 2. The van der Waals surface area contributed by atoms with Crippen LogP contribution in [-0.4, -0.2) is 13.4 Å². The van der Waals surface area contributed by atoms with Crippen LogP contribution >= 0.6 is 11.3 Å². The van der Waals surface area contributed by atoms with Crippen molar-refractivity contribution < 1.29 is 8.42 Å². The molecule has 0 saturated heterocycles. The van der Waals surface area contributed by atoms with Crippen molar-refractivity contribution in [1.29, 1.82) is 0 Å². The number of aromatic nitrogens is 1. The molecule has 0 radical (unpaired) electrons. The van der Waals surface area contributed by atoms with Gasteiger partial charge in [0, 0.05) is 17.5 Å². The highest BCUT2D eigenvalue weighted by Crippen LogP contribution is 2.25. The third-order valence-electron chi connectivity index (χ3n) is 4.62. The Kier molecular flexibility index (Phi) is 4.89. The number of sulfonamides is 1. The molecule has 0 fully saturated rings. The molecule has 0 aliphatic heterocycles. The van der Waals surface area contributed by atoms with Gasteiger partial charge in [0.05, 0.1) is 11.4 Å². The van der Waals surface area contributed by atoms with E-state index >= 15 is 0 Å². The molecule has 6 heteroatoms. The Hall–Kier alpha value is -2.02. The van der Waals surface area contributed by atoms with Crippen LogP contribution in [0.5, 0.6) is 0 Å². The maximum atomic E-state index is 12.6. The molecular formula is C20H20N2O2S2. The van der Waals surface area contributed by atoms with Crippen LogP contribution < -0.4 is 4.72 Å². The summed E-state index contributed by atoms with van der Waals surface area (Å²) in [6, 6.07) is 15.6. The van der Waals surface area contributed by atoms with E-state index in [4.69, 9.17) is 0 Å². The molecule has 0 amide bonds. The summed E-state index contributed by atoms with van der Waals surface area (Å²) >= 11 is 1.55. The first-order valence-electron chi connectivity index (χ1n) is 8.69. The van der Waals surface area contributed by atoms with Crippen LogP contribution in [0.4, 0.5) is 0 Å². The Bertz CT molecular complexity index is 1010. The summed E-state index contributed by atoms with van der Waals surface area (Å²) in [5.74, 6) is 0. The Morgan fingerprint density at radius 3 is 2.69 bits per heavy atom. The lowest BCUT2D eigenvalue weighted by Gasteiger charge is -2.07. The minimum Gasteiger partial charge on any atom is -0.248 e. The Balaban J connectivity index is 1.42. The zero-order valence-electron chi connectivity index (χ0n) is 14.3. The Morgan fingerprint density at radius 1 is 1.04 bits per heavy atom. The standard InChI is InChI=1S/C20H20N2O2S2/c23-26(24,19-10-9-16-7-4-8-17(16)12-19)22-14-20-21-13-18(25-20)11-15-5-2-1-3-6-15/h1-3,5-6,9-10,12-13,22H,4,7-8,11,14H2. The van der Waals surface area contributed by atoms with Crippen molar-refractivity contribution in [2.45, 2.75) is 37.1 Å². The van der Waals surface area contributed by atoms with Crippen LogP contribution in [0.25, 0.3) is 0 Å². The molecule has 4 nitrogen and oxygen atoms in total. The largest absolute Gasteiger partial charge is 0.248 e. The molecule has 4 rings (SSSR count). The number of hydrogen-bond acceptors (Lipinski definition) is 4. The van der Waals surface area contributed by atoms with Gasteiger partial charge in [0.25, 0.3) is 0 Å². The van der Waals surface area contributed by atoms with Gasteiger partial charge >= 0.3 is 0 Å². The fourth-order valence-corrected chi connectivity index (χ4v) is 5.29. The summed E-state index contributed by atoms with van der Waals surface area (Å²) in [5, 5.41) is 0.778. The summed E-state index contributed by atoms with van der Waals surface area (Å²) in [5.41, 5.74) is 3.66. The second-order valence-corrected chi connectivity index (χ2v) is 9.46. The number of rotatable bonds is 6. The van der Waals surface area contributed by atoms with Crippen molar-refractivity contribution in [3.63, 3.8) is 0 Å². The van der Waals surface area contributed by atoms with Crippen molar-refractivity contribution in [2.24, 2.45) is 0 Å². The van der Waals surface area contributed by atoms with Crippen molar-refractivity contribution in [2.75, 3.05) is 0 Å². The third-order valence-corrected chi connectivity index (χ3v) is 7.01. The molecule has 3 aromatic rings. The maximum absolute atomic E-state index is 12.6. The van der Waals surface area contributed by atoms with Gasteiger partial charge in [0.1, 0.15) is 5.01 Å². The molecule has 1 aliphatic carbocycles. The van der Waals surface area contributed by atoms with E-state index in [9.17, 15) is 8.42 Å². The van der Waals surface area contributed by atoms with Crippen LogP contribution in [0.2, 0.25) is 0 Å². The van der Waals surface area contributed by atoms with Gasteiger partial charge in [-0.3, -0.25) is 0 Å². The highest BCUT2D eigenvalue weighted by Gasteiger charge is 2.18. The lowest BCUT2D eigenvalue weighted by molar-refractivity contribution is 0.581. The Labute approximate surface area is 158 Å².